The van der Waals surface area contributed by atoms with Crippen LogP contribution in [0.15, 0.2) is 47.0 Å². The van der Waals surface area contributed by atoms with Crippen molar-refractivity contribution < 1.29 is 18.8 Å². The molecule has 3 aromatic rings. The fourth-order valence-corrected chi connectivity index (χ4v) is 3.92. The molecule has 0 unspecified atom stereocenters. The van der Waals surface area contributed by atoms with E-state index in [0.29, 0.717) is 34.8 Å². The Morgan fingerprint density at radius 3 is 2.68 bits per heavy atom. The van der Waals surface area contributed by atoms with Crippen molar-refractivity contribution >= 4 is 23.2 Å². The van der Waals surface area contributed by atoms with Crippen LogP contribution in [0.1, 0.15) is 18.7 Å². The van der Waals surface area contributed by atoms with Crippen LogP contribution in [0.2, 0.25) is 5.02 Å². The van der Waals surface area contributed by atoms with Crippen LogP contribution < -0.4 is 14.8 Å². The number of hydrogen-bond donors (Lipinski definition) is 1. The highest BCUT2D eigenvalue weighted by molar-refractivity contribution is 6.30. The molecule has 0 saturated carbocycles. The van der Waals surface area contributed by atoms with Gasteiger partial charge in [-0.25, -0.2) is 0 Å². The van der Waals surface area contributed by atoms with Crippen LogP contribution in [0.25, 0.3) is 11.4 Å². The number of hydrogen-bond acceptors (Lipinski definition) is 7. The molecular weight excluding hydrogens is 420 g/mol. The summed E-state index contributed by atoms with van der Waals surface area (Å²) in [4.78, 5) is 19.4. The first-order valence-electron chi connectivity index (χ1n) is 10.2. The standard InChI is InChI=1S/C22H21ClN4O4/c23-16-3-1-14(2-4-16)21-25-20(31-26-21)12-27-9-7-15(8-10-27)22(28)24-17-5-6-18-19(11-17)30-13-29-18/h1-6,11,15H,7-10,12-13H2,(H,24,28). The van der Waals surface area contributed by atoms with Gasteiger partial charge in [-0.15, -0.1) is 0 Å². The molecule has 8 nitrogen and oxygen atoms in total. The maximum absolute atomic E-state index is 12.7. The number of halogens is 1. The zero-order valence-corrected chi connectivity index (χ0v) is 17.5. The van der Waals surface area contributed by atoms with E-state index in [0.717, 1.165) is 37.2 Å². The molecule has 2 aliphatic heterocycles. The smallest absolute Gasteiger partial charge is 0.241 e. The molecule has 160 valence electrons. The summed E-state index contributed by atoms with van der Waals surface area (Å²) in [7, 11) is 0. The van der Waals surface area contributed by atoms with Crippen LogP contribution in [0.4, 0.5) is 5.69 Å². The number of carbonyl (C=O) groups excluding carboxylic acids is 1. The normalized spacial score (nSPS) is 16.4. The number of carbonyl (C=O) groups is 1. The average Bonchev–Trinajstić information content (AvgIpc) is 3.44. The molecule has 1 aromatic heterocycles. The maximum Gasteiger partial charge on any atom is 0.241 e. The zero-order valence-electron chi connectivity index (χ0n) is 16.7. The first-order valence-corrected chi connectivity index (χ1v) is 10.5. The lowest BCUT2D eigenvalue weighted by Crippen LogP contribution is -2.37. The third-order valence-corrected chi connectivity index (χ3v) is 5.78. The lowest BCUT2D eigenvalue weighted by atomic mass is 9.96. The molecule has 1 saturated heterocycles. The minimum atomic E-state index is -0.0333. The largest absolute Gasteiger partial charge is 0.454 e. The molecule has 0 atom stereocenters. The molecule has 5 rings (SSSR count). The SMILES string of the molecule is O=C(Nc1ccc2c(c1)OCO2)C1CCN(Cc2nc(-c3ccc(Cl)cc3)no2)CC1. The maximum atomic E-state index is 12.7. The average molecular weight is 441 g/mol. The van der Waals surface area contributed by atoms with Crippen molar-refractivity contribution in [2.24, 2.45) is 5.92 Å². The zero-order chi connectivity index (χ0) is 21.2. The fourth-order valence-electron chi connectivity index (χ4n) is 3.80. The molecular formula is C22H21ClN4O4. The summed E-state index contributed by atoms with van der Waals surface area (Å²) in [5, 5.41) is 7.71. The summed E-state index contributed by atoms with van der Waals surface area (Å²) in [6, 6.07) is 12.8. The third-order valence-electron chi connectivity index (χ3n) is 5.53. The number of fused-ring (bicyclic) bond motifs is 1. The summed E-state index contributed by atoms with van der Waals surface area (Å²) >= 11 is 5.92. The second-order valence-electron chi connectivity index (χ2n) is 7.63. The molecule has 2 aromatic carbocycles. The van der Waals surface area contributed by atoms with Gasteiger partial charge in [0.1, 0.15) is 0 Å². The minimum Gasteiger partial charge on any atom is -0.454 e. The quantitative estimate of drug-likeness (QED) is 0.642. The van der Waals surface area contributed by atoms with E-state index in [1.165, 1.54) is 0 Å². The van der Waals surface area contributed by atoms with Gasteiger partial charge < -0.3 is 19.3 Å². The Labute approximate surface area is 184 Å². The Morgan fingerprint density at radius 1 is 1.10 bits per heavy atom. The second-order valence-corrected chi connectivity index (χ2v) is 8.06. The topological polar surface area (TPSA) is 89.7 Å². The molecule has 9 heteroatoms. The predicted octanol–water partition coefficient (Wildman–Crippen LogP) is 3.97. The Kier molecular flexibility index (Phi) is 5.48. The van der Waals surface area contributed by atoms with Gasteiger partial charge in [-0.3, -0.25) is 9.69 Å². The Bertz CT molecular complexity index is 1080. The second kappa shape index (κ2) is 8.56. The van der Waals surface area contributed by atoms with Crippen LogP contribution in [0.5, 0.6) is 11.5 Å². The van der Waals surface area contributed by atoms with Crippen LogP contribution >= 0.6 is 11.6 Å². The molecule has 2 aliphatic rings. The molecule has 0 bridgehead atoms. The molecule has 0 spiro atoms. The van der Waals surface area contributed by atoms with Gasteiger partial charge in [0.2, 0.25) is 24.4 Å². The third kappa shape index (κ3) is 4.50. The van der Waals surface area contributed by atoms with Crippen molar-refractivity contribution in [3.63, 3.8) is 0 Å². The van der Waals surface area contributed by atoms with Crippen molar-refractivity contribution in [3.05, 3.63) is 53.4 Å². The number of benzene rings is 2. The first-order chi connectivity index (χ1) is 15.1. The van der Waals surface area contributed by atoms with E-state index in [2.05, 4.69) is 20.4 Å². The molecule has 0 radical (unpaired) electrons. The monoisotopic (exact) mass is 440 g/mol. The number of nitrogens with zero attached hydrogens (tertiary/aromatic N) is 3. The van der Waals surface area contributed by atoms with E-state index in [9.17, 15) is 4.79 Å². The minimum absolute atomic E-state index is 0.0290. The number of ether oxygens (including phenoxy) is 2. The first kappa shape index (κ1) is 19.8. The lowest BCUT2D eigenvalue weighted by molar-refractivity contribution is -0.121. The summed E-state index contributed by atoms with van der Waals surface area (Å²) < 4.78 is 16.1. The number of anilines is 1. The van der Waals surface area contributed by atoms with E-state index in [1.807, 2.05) is 24.3 Å². The van der Waals surface area contributed by atoms with E-state index < -0.39 is 0 Å². The predicted molar refractivity (Wildman–Crippen MR) is 114 cm³/mol. The van der Waals surface area contributed by atoms with Crippen molar-refractivity contribution in [1.29, 1.82) is 0 Å². The van der Waals surface area contributed by atoms with Gasteiger partial charge in [-0.05, 0) is 62.3 Å². The summed E-state index contributed by atoms with van der Waals surface area (Å²) in [6.07, 6.45) is 1.54. The van der Waals surface area contributed by atoms with Gasteiger partial charge in [-0.2, -0.15) is 4.98 Å². The summed E-state index contributed by atoms with van der Waals surface area (Å²) in [6.45, 7) is 2.36. The fraction of sp³-hybridized carbons (Fsp3) is 0.318. The highest BCUT2D eigenvalue weighted by Gasteiger charge is 2.26. The van der Waals surface area contributed by atoms with Gasteiger partial charge in [0, 0.05) is 28.3 Å². The van der Waals surface area contributed by atoms with Crippen molar-refractivity contribution in [2.45, 2.75) is 19.4 Å². The number of likely N-dealkylation sites (tertiary alicyclic amines) is 1. The van der Waals surface area contributed by atoms with Gasteiger partial charge >= 0.3 is 0 Å². The summed E-state index contributed by atoms with van der Waals surface area (Å²) in [5.41, 5.74) is 1.58. The van der Waals surface area contributed by atoms with E-state index in [-0.39, 0.29) is 18.6 Å². The van der Waals surface area contributed by atoms with Crippen LogP contribution in [0.3, 0.4) is 0 Å². The Balaban J connectivity index is 1.13. The Hall–Kier alpha value is -3.10. The van der Waals surface area contributed by atoms with Crippen molar-refractivity contribution in [2.75, 3.05) is 25.2 Å². The number of aromatic nitrogens is 2. The van der Waals surface area contributed by atoms with E-state index in [4.69, 9.17) is 25.6 Å². The summed E-state index contributed by atoms with van der Waals surface area (Å²) in [5.74, 6) is 2.46. The highest BCUT2D eigenvalue weighted by Crippen LogP contribution is 2.34. The number of nitrogens with one attached hydrogen (secondary N) is 1. The molecule has 1 N–H and O–H groups in total. The van der Waals surface area contributed by atoms with Gasteiger partial charge in [0.15, 0.2) is 11.5 Å². The number of amides is 1. The molecule has 1 amide bonds. The number of piperidine rings is 1. The van der Waals surface area contributed by atoms with Crippen LogP contribution in [-0.2, 0) is 11.3 Å². The van der Waals surface area contributed by atoms with Gasteiger partial charge in [0.25, 0.3) is 0 Å². The van der Waals surface area contributed by atoms with E-state index >= 15 is 0 Å². The molecule has 3 heterocycles. The van der Waals surface area contributed by atoms with Crippen LogP contribution in [0, 0.1) is 5.92 Å². The van der Waals surface area contributed by atoms with Crippen molar-refractivity contribution in [3.8, 4) is 22.9 Å². The molecule has 31 heavy (non-hydrogen) atoms. The molecule has 1 fully saturated rings. The van der Waals surface area contributed by atoms with Gasteiger partial charge in [0.05, 0.1) is 6.54 Å². The number of rotatable bonds is 5. The highest BCUT2D eigenvalue weighted by atomic mass is 35.5. The lowest BCUT2D eigenvalue weighted by Gasteiger charge is -2.30. The Morgan fingerprint density at radius 2 is 1.87 bits per heavy atom. The molecule has 0 aliphatic carbocycles. The van der Waals surface area contributed by atoms with Crippen LogP contribution in [-0.4, -0.2) is 40.8 Å². The van der Waals surface area contributed by atoms with E-state index in [1.54, 1.807) is 18.2 Å². The van der Waals surface area contributed by atoms with Crippen molar-refractivity contribution in [1.82, 2.24) is 15.0 Å². The van der Waals surface area contributed by atoms with Gasteiger partial charge in [-0.1, -0.05) is 16.8 Å².